The maximum Gasteiger partial charge on any atom is 0.173 e. The van der Waals surface area contributed by atoms with Crippen LogP contribution in [0.2, 0.25) is 0 Å². The Bertz CT molecular complexity index is 913. The number of carbonyl (C=O) groups excluding carboxylic acids is 2. The molecule has 27 heavy (non-hydrogen) atoms. The molecule has 140 valence electrons. The Morgan fingerprint density at radius 3 is 2.59 bits per heavy atom. The van der Waals surface area contributed by atoms with Crippen molar-refractivity contribution in [3.63, 3.8) is 0 Å². The van der Waals surface area contributed by atoms with E-state index in [1.54, 1.807) is 26.2 Å². The van der Waals surface area contributed by atoms with Gasteiger partial charge in [-0.05, 0) is 24.6 Å². The fraction of sp³-hybridized carbons (Fsp3) is 0.273. The van der Waals surface area contributed by atoms with Gasteiger partial charge in [0.05, 0.1) is 26.2 Å². The topological polar surface area (TPSA) is 61.8 Å². The second-order valence-electron chi connectivity index (χ2n) is 6.49. The third-order valence-electron chi connectivity index (χ3n) is 4.64. The van der Waals surface area contributed by atoms with Crippen molar-refractivity contribution in [2.45, 2.75) is 25.9 Å². The molecule has 0 fully saturated rings. The molecule has 0 spiro atoms. The highest BCUT2D eigenvalue weighted by atomic mass is 16.5. The molecule has 0 N–H and O–H groups in total. The lowest BCUT2D eigenvalue weighted by Crippen LogP contribution is -2.22. The summed E-state index contributed by atoms with van der Waals surface area (Å²) in [6, 6.07) is 10.9. The third-order valence-corrected chi connectivity index (χ3v) is 4.64. The Morgan fingerprint density at radius 2 is 1.93 bits per heavy atom. The van der Waals surface area contributed by atoms with Crippen LogP contribution in [0.5, 0.6) is 17.2 Å². The van der Waals surface area contributed by atoms with E-state index in [4.69, 9.17) is 14.2 Å². The number of rotatable bonds is 6. The number of para-hydroxylation sites is 1. The fourth-order valence-corrected chi connectivity index (χ4v) is 3.20. The zero-order valence-electron chi connectivity index (χ0n) is 15.7. The van der Waals surface area contributed by atoms with Gasteiger partial charge in [0.15, 0.2) is 23.1 Å². The van der Waals surface area contributed by atoms with Gasteiger partial charge in [0.1, 0.15) is 11.9 Å². The van der Waals surface area contributed by atoms with Gasteiger partial charge in [-0.1, -0.05) is 30.8 Å². The van der Waals surface area contributed by atoms with E-state index in [2.05, 4.69) is 6.58 Å². The Kier molecular flexibility index (Phi) is 5.31. The molecule has 2 aromatic rings. The number of carbonyl (C=O) groups is 2. The van der Waals surface area contributed by atoms with Crippen LogP contribution in [-0.2, 0) is 11.2 Å². The summed E-state index contributed by atoms with van der Waals surface area (Å²) in [6.45, 7) is 5.36. The minimum Gasteiger partial charge on any atom is -0.496 e. The molecule has 1 heterocycles. The molecule has 0 bridgehead atoms. The predicted octanol–water partition coefficient (Wildman–Crippen LogP) is 4.10. The largest absolute Gasteiger partial charge is 0.496 e. The molecule has 0 aromatic heterocycles. The lowest BCUT2D eigenvalue weighted by molar-refractivity contribution is -0.114. The molecule has 3 rings (SSSR count). The van der Waals surface area contributed by atoms with E-state index in [9.17, 15) is 9.59 Å². The molecule has 1 aliphatic rings. The van der Waals surface area contributed by atoms with Gasteiger partial charge in [0.2, 0.25) is 0 Å². The first-order valence-electron chi connectivity index (χ1n) is 8.67. The lowest BCUT2D eigenvalue weighted by Gasteiger charge is -2.28. The molecule has 0 saturated heterocycles. The number of benzene rings is 2. The Labute approximate surface area is 158 Å². The van der Waals surface area contributed by atoms with Crippen LogP contribution in [0.25, 0.3) is 0 Å². The van der Waals surface area contributed by atoms with Gasteiger partial charge in [0, 0.05) is 17.5 Å². The third kappa shape index (κ3) is 3.58. The summed E-state index contributed by atoms with van der Waals surface area (Å²) in [6.07, 6.45) is -0.134. The number of ether oxygens (including phenoxy) is 3. The van der Waals surface area contributed by atoms with Crippen LogP contribution in [0.1, 0.15) is 40.9 Å². The Hall–Kier alpha value is -3.08. The molecule has 1 atom stereocenters. The second-order valence-corrected chi connectivity index (χ2v) is 6.49. The van der Waals surface area contributed by atoms with E-state index >= 15 is 0 Å². The second kappa shape index (κ2) is 7.66. The first-order valence-corrected chi connectivity index (χ1v) is 8.67. The van der Waals surface area contributed by atoms with Crippen molar-refractivity contribution in [2.75, 3.05) is 14.2 Å². The highest BCUT2D eigenvalue weighted by Gasteiger charge is 2.32. The molecule has 0 saturated carbocycles. The first kappa shape index (κ1) is 18.7. The smallest absolute Gasteiger partial charge is 0.173 e. The van der Waals surface area contributed by atoms with Crippen LogP contribution < -0.4 is 14.2 Å². The molecule has 2 aromatic carbocycles. The number of allylic oxidation sites excluding steroid dienone is 1. The Morgan fingerprint density at radius 1 is 1.19 bits per heavy atom. The van der Waals surface area contributed by atoms with E-state index in [1.807, 2.05) is 24.3 Å². The van der Waals surface area contributed by atoms with Crippen molar-refractivity contribution in [3.05, 3.63) is 65.2 Å². The van der Waals surface area contributed by atoms with E-state index in [0.717, 1.165) is 5.56 Å². The quantitative estimate of drug-likeness (QED) is 0.721. The maximum absolute atomic E-state index is 12.7. The van der Waals surface area contributed by atoms with Crippen molar-refractivity contribution in [3.8, 4) is 17.2 Å². The standard InChI is InChI=1S/C22H22O5/c1-13(2)17(23)11-14-9-10-15-18(24)12-20(27-22(15)21(14)26-4)16-7-5-6-8-19(16)25-3/h5-10,20H,1,11-12H2,2-4H3. The predicted molar refractivity (Wildman–Crippen MR) is 102 cm³/mol. The highest BCUT2D eigenvalue weighted by Crippen LogP contribution is 2.44. The van der Waals surface area contributed by atoms with Crippen molar-refractivity contribution in [1.29, 1.82) is 0 Å². The van der Waals surface area contributed by atoms with Gasteiger partial charge in [-0.25, -0.2) is 0 Å². The van der Waals surface area contributed by atoms with Crippen LogP contribution in [0.3, 0.4) is 0 Å². The van der Waals surface area contributed by atoms with Crippen LogP contribution in [-0.4, -0.2) is 25.8 Å². The minimum absolute atomic E-state index is 0.0387. The summed E-state index contributed by atoms with van der Waals surface area (Å²) in [5.41, 5.74) is 2.39. The number of hydrogen-bond donors (Lipinski definition) is 0. The normalized spacial score (nSPS) is 15.5. The average Bonchev–Trinajstić information content (AvgIpc) is 2.67. The molecule has 0 radical (unpaired) electrons. The first-order chi connectivity index (χ1) is 13.0. The lowest BCUT2D eigenvalue weighted by atomic mass is 9.93. The molecule has 5 nitrogen and oxygen atoms in total. The number of Topliss-reactive ketones (excluding diaryl/α,β-unsaturated/α-hetero) is 2. The maximum atomic E-state index is 12.7. The van der Waals surface area contributed by atoms with Crippen molar-refractivity contribution in [1.82, 2.24) is 0 Å². The van der Waals surface area contributed by atoms with E-state index in [0.29, 0.717) is 33.9 Å². The monoisotopic (exact) mass is 366 g/mol. The summed E-state index contributed by atoms with van der Waals surface area (Å²) in [7, 11) is 3.09. The molecule has 0 aliphatic carbocycles. The highest BCUT2D eigenvalue weighted by molar-refractivity contribution is 6.02. The molecule has 5 heteroatoms. The van der Waals surface area contributed by atoms with Gasteiger partial charge in [-0.15, -0.1) is 0 Å². The van der Waals surface area contributed by atoms with E-state index < -0.39 is 6.10 Å². The molecular weight excluding hydrogens is 344 g/mol. The van der Waals surface area contributed by atoms with E-state index in [1.165, 1.54) is 7.11 Å². The van der Waals surface area contributed by atoms with Crippen LogP contribution in [0, 0.1) is 0 Å². The van der Waals surface area contributed by atoms with Gasteiger partial charge >= 0.3 is 0 Å². The minimum atomic E-state index is -0.484. The molecular formula is C22H22O5. The van der Waals surface area contributed by atoms with Crippen LogP contribution in [0.4, 0.5) is 0 Å². The van der Waals surface area contributed by atoms with Crippen molar-refractivity contribution in [2.24, 2.45) is 0 Å². The average molecular weight is 366 g/mol. The zero-order chi connectivity index (χ0) is 19.6. The number of fused-ring (bicyclic) bond motifs is 1. The zero-order valence-corrected chi connectivity index (χ0v) is 15.7. The fourth-order valence-electron chi connectivity index (χ4n) is 3.20. The Balaban J connectivity index is 2.03. The number of methoxy groups -OCH3 is 2. The summed E-state index contributed by atoms with van der Waals surface area (Å²) >= 11 is 0. The number of ketones is 2. The summed E-state index contributed by atoms with van der Waals surface area (Å²) in [4.78, 5) is 24.8. The summed E-state index contributed by atoms with van der Waals surface area (Å²) in [5.74, 6) is 1.32. The van der Waals surface area contributed by atoms with Crippen molar-refractivity contribution >= 4 is 11.6 Å². The van der Waals surface area contributed by atoms with Gasteiger partial charge in [-0.3, -0.25) is 9.59 Å². The van der Waals surface area contributed by atoms with E-state index in [-0.39, 0.29) is 24.4 Å². The van der Waals surface area contributed by atoms with Gasteiger partial charge < -0.3 is 14.2 Å². The molecule has 1 aliphatic heterocycles. The van der Waals surface area contributed by atoms with Crippen molar-refractivity contribution < 1.29 is 23.8 Å². The van der Waals surface area contributed by atoms with Gasteiger partial charge in [0.25, 0.3) is 0 Å². The summed E-state index contributed by atoms with van der Waals surface area (Å²) < 4.78 is 17.1. The van der Waals surface area contributed by atoms with Crippen LogP contribution >= 0.6 is 0 Å². The molecule has 1 unspecified atom stereocenters. The van der Waals surface area contributed by atoms with Gasteiger partial charge in [-0.2, -0.15) is 0 Å². The summed E-state index contributed by atoms with van der Waals surface area (Å²) in [5, 5.41) is 0. The van der Waals surface area contributed by atoms with Crippen LogP contribution in [0.15, 0.2) is 48.6 Å². The number of hydrogen-bond acceptors (Lipinski definition) is 5. The molecule has 0 amide bonds. The SMILES string of the molecule is C=C(C)C(=O)Cc1ccc2c(c1OC)OC(c1ccccc1OC)CC2=O.